The molecule has 8 heteroatoms. The van der Waals surface area contributed by atoms with Crippen molar-refractivity contribution < 1.29 is 19.1 Å². The van der Waals surface area contributed by atoms with Crippen LogP contribution in [-0.4, -0.2) is 39.0 Å². The first-order valence-electron chi connectivity index (χ1n) is 12.2. The number of carbonyl (C=O) groups excluding carboxylic acids is 2. The molecule has 1 fully saturated rings. The first-order chi connectivity index (χ1) is 17.1. The second kappa shape index (κ2) is 13.2. The normalized spacial score (nSPS) is 17.5. The van der Waals surface area contributed by atoms with Gasteiger partial charge in [-0.3, -0.25) is 9.59 Å². The van der Waals surface area contributed by atoms with Gasteiger partial charge in [-0.15, -0.1) is 5.54 Å². The van der Waals surface area contributed by atoms with Crippen molar-refractivity contribution in [3.63, 3.8) is 0 Å². The standard InChI is InChI=1S/C28H33Cl2NO4Si/c1-36(2,3)15-14-21-17-26(12-13-27(21)30)34-18-24(32)16-20-4-8-23(9-5-20)31-28(33)19-35-25-10-6-22(29)7-11-25/h6-7,10-13,17,20,23H,4-5,8-9,16,18-19H2,1-3H3,(H,31,33). The van der Waals surface area contributed by atoms with E-state index >= 15 is 0 Å². The summed E-state index contributed by atoms with van der Waals surface area (Å²) in [6.45, 7) is 6.51. The van der Waals surface area contributed by atoms with Crippen molar-refractivity contribution in [1.82, 2.24) is 5.32 Å². The van der Waals surface area contributed by atoms with Gasteiger partial charge >= 0.3 is 0 Å². The molecular weight excluding hydrogens is 513 g/mol. The number of rotatable bonds is 9. The van der Waals surface area contributed by atoms with Crippen LogP contribution in [0.1, 0.15) is 37.7 Å². The number of carbonyl (C=O) groups is 2. The van der Waals surface area contributed by atoms with E-state index in [-0.39, 0.29) is 30.9 Å². The highest BCUT2D eigenvalue weighted by atomic mass is 35.5. The van der Waals surface area contributed by atoms with Crippen molar-refractivity contribution in [2.75, 3.05) is 13.2 Å². The van der Waals surface area contributed by atoms with E-state index in [0.29, 0.717) is 33.9 Å². The second-order valence-electron chi connectivity index (χ2n) is 10.2. The highest BCUT2D eigenvalue weighted by Gasteiger charge is 2.24. The van der Waals surface area contributed by atoms with Crippen LogP contribution in [0, 0.1) is 17.4 Å². The first-order valence-corrected chi connectivity index (χ1v) is 16.5. The van der Waals surface area contributed by atoms with Crippen LogP contribution in [0.3, 0.4) is 0 Å². The Kier molecular flexibility index (Phi) is 10.3. The van der Waals surface area contributed by atoms with Gasteiger partial charge in [-0.1, -0.05) is 48.8 Å². The Morgan fingerprint density at radius 3 is 2.25 bits per heavy atom. The largest absolute Gasteiger partial charge is 0.486 e. The Labute approximate surface area is 224 Å². The fourth-order valence-corrected chi connectivity index (χ4v) is 4.75. The minimum Gasteiger partial charge on any atom is -0.486 e. The van der Waals surface area contributed by atoms with Gasteiger partial charge in [0.05, 0.1) is 5.02 Å². The maximum atomic E-state index is 12.5. The zero-order chi connectivity index (χ0) is 26.1. The quantitative estimate of drug-likeness (QED) is 0.296. The Balaban J connectivity index is 1.37. The molecule has 2 aromatic rings. The first kappa shape index (κ1) is 28.1. The fraction of sp³-hybridized carbons (Fsp3) is 0.429. The Bertz CT molecular complexity index is 1110. The van der Waals surface area contributed by atoms with Gasteiger partial charge in [-0.25, -0.2) is 0 Å². The molecule has 0 saturated heterocycles. The molecule has 1 amide bonds. The minimum atomic E-state index is -1.52. The smallest absolute Gasteiger partial charge is 0.258 e. The van der Waals surface area contributed by atoms with Crippen LogP contribution in [0.25, 0.3) is 0 Å². The summed E-state index contributed by atoms with van der Waals surface area (Å²) in [4.78, 5) is 24.7. The number of ketones is 1. The van der Waals surface area contributed by atoms with E-state index in [9.17, 15) is 9.59 Å². The second-order valence-corrected chi connectivity index (χ2v) is 15.8. The molecule has 1 aliphatic rings. The van der Waals surface area contributed by atoms with Gasteiger partial charge < -0.3 is 14.8 Å². The SMILES string of the molecule is C[Si](C)(C)C#Cc1cc(OCC(=O)CC2CCC(NC(=O)COc3ccc(Cl)cc3)CC2)ccc1Cl. The summed E-state index contributed by atoms with van der Waals surface area (Å²) >= 11 is 12.1. The maximum Gasteiger partial charge on any atom is 0.258 e. The van der Waals surface area contributed by atoms with E-state index in [0.717, 1.165) is 31.2 Å². The zero-order valence-corrected chi connectivity index (χ0v) is 23.5. The molecule has 0 unspecified atom stereocenters. The van der Waals surface area contributed by atoms with Crippen LogP contribution >= 0.6 is 23.2 Å². The van der Waals surface area contributed by atoms with E-state index in [1.165, 1.54) is 0 Å². The highest BCUT2D eigenvalue weighted by molar-refractivity contribution is 6.83. The number of Topliss-reactive ketones (excluding diaryl/α,β-unsaturated/α-hetero) is 1. The third-order valence-electron chi connectivity index (χ3n) is 5.82. The number of halogens is 2. The number of nitrogens with one attached hydrogen (secondary N) is 1. The van der Waals surface area contributed by atoms with Gasteiger partial charge in [0, 0.05) is 23.0 Å². The summed E-state index contributed by atoms with van der Waals surface area (Å²) in [5, 5.41) is 4.24. The van der Waals surface area contributed by atoms with Gasteiger partial charge in [-0.2, -0.15) is 0 Å². The number of ether oxygens (including phenoxy) is 2. The molecule has 3 rings (SSSR count). The molecule has 1 N–H and O–H groups in total. The third kappa shape index (κ3) is 9.89. The summed E-state index contributed by atoms with van der Waals surface area (Å²) in [5.74, 6) is 4.59. The molecule has 0 aromatic heterocycles. The Hall–Kier alpha value is -2.46. The van der Waals surface area contributed by atoms with E-state index < -0.39 is 8.07 Å². The van der Waals surface area contributed by atoms with Crippen molar-refractivity contribution in [2.45, 2.75) is 57.8 Å². The van der Waals surface area contributed by atoms with Crippen LogP contribution in [-0.2, 0) is 9.59 Å². The van der Waals surface area contributed by atoms with E-state index in [1.807, 2.05) is 0 Å². The van der Waals surface area contributed by atoms with Crippen LogP contribution in [0.4, 0.5) is 0 Å². The molecule has 1 aliphatic carbocycles. The molecule has 0 atom stereocenters. The van der Waals surface area contributed by atoms with Crippen LogP contribution in [0.5, 0.6) is 11.5 Å². The lowest BCUT2D eigenvalue weighted by Gasteiger charge is -2.28. The molecular formula is C28H33Cl2NO4Si. The van der Waals surface area contributed by atoms with Gasteiger partial charge in [0.2, 0.25) is 0 Å². The molecule has 0 spiro atoms. The van der Waals surface area contributed by atoms with E-state index in [4.69, 9.17) is 32.7 Å². The average Bonchev–Trinajstić information content (AvgIpc) is 2.83. The molecule has 1 saturated carbocycles. The van der Waals surface area contributed by atoms with E-state index in [1.54, 1.807) is 42.5 Å². The molecule has 36 heavy (non-hydrogen) atoms. The zero-order valence-electron chi connectivity index (χ0n) is 21.0. The third-order valence-corrected chi connectivity index (χ3v) is 7.28. The Morgan fingerprint density at radius 2 is 1.58 bits per heavy atom. The number of amides is 1. The highest BCUT2D eigenvalue weighted by Crippen LogP contribution is 2.28. The van der Waals surface area contributed by atoms with Crippen molar-refractivity contribution in [2.24, 2.45) is 5.92 Å². The monoisotopic (exact) mass is 545 g/mol. The predicted octanol–water partition coefficient (Wildman–Crippen LogP) is 6.31. The number of hydrogen-bond donors (Lipinski definition) is 1. The summed E-state index contributed by atoms with van der Waals surface area (Å²) in [6.07, 6.45) is 3.97. The average molecular weight is 547 g/mol. The van der Waals surface area contributed by atoms with Gasteiger partial charge in [0.25, 0.3) is 5.91 Å². The molecule has 2 aromatic carbocycles. The predicted molar refractivity (Wildman–Crippen MR) is 148 cm³/mol. The summed E-state index contributed by atoms with van der Waals surface area (Å²) in [7, 11) is -1.52. The Morgan fingerprint density at radius 1 is 0.944 bits per heavy atom. The van der Waals surface area contributed by atoms with Crippen LogP contribution in [0.15, 0.2) is 42.5 Å². The van der Waals surface area contributed by atoms with Crippen LogP contribution < -0.4 is 14.8 Å². The fourth-order valence-electron chi connectivity index (χ4n) is 3.95. The minimum absolute atomic E-state index is 0.0290. The van der Waals surface area contributed by atoms with Crippen LogP contribution in [0.2, 0.25) is 29.7 Å². The molecule has 5 nitrogen and oxygen atoms in total. The summed E-state index contributed by atoms with van der Waals surface area (Å²) in [6, 6.07) is 12.3. The van der Waals surface area contributed by atoms with Gasteiger partial charge in [0.1, 0.15) is 26.2 Å². The van der Waals surface area contributed by atoms with Gasteiger partial charge in [-0.05, 0) is 74.1 Å². The molecule has 192 valence electrons. The van der Waals surface area contributed by atoms with E-state index in [2.05, 4.69) is 36.4 Å². The lowest BCUT2D eigenvalue weighted by Crippen LogP contribution is -2.40. The number of benzene rings is 2. The molecule has 0 heterocycles. The van der Waals surface area contributed by atoms with Crippen molar-refractivity contribution >= 4 is 43.0 Å². The number of hydrogen-bond acceptors (Lipinski definition) is 4. The lowest BCUT2D eigenvalue weighted by atomic mass is 9.83. The molecule has 0 bridgehead atoms. The summed E-state index contributed by atoms with van der Waals surface area (Å²) < 4.78 is 11.2. The molecule has 0 radical (unpaired) electrons. The van der Waals surface area contributed by atoms with Crippen molar-refractivity contribution in [1.29, 1.82) is 0 Å². The van der Waals surface area contributed by atoms with Crippen molar-refractivity contribution in [3.8, 4) is 23.0 Å². The van der Waals surface area contributed by atoms with Crippen molar-refractivity contribution in [3.05, 3.63) is 58.1 Å². The maximum absolute atomic E-state index is 12.5. The van der Waals surface area contributed by atoms with Gasteiger partial charge in [0.15, 0.2) is 12.4 Å². The lowest BCUT2D eigenvalue weighted by molar-refractivity contribution is -0.125. The topological polar surface area (TPSA) is 64.6 Å². The molecule has 0 aliphatic heterocycles. The summed E-state index contributed by atoms with van der Waals surface area (Å²) in [5.41, 5.74) is 4.03.